The summed E-state index contributed by atoms with van der Waals surface area (Å²) in [5.41, 5.74) is 2.44. The van der Waals surface area contributed by atoms with E-state index in [1.807, 2.05) is 12.1 Å². The first-order chi connectivity index (χ1) is 9.75. The number of nitrogens with one attached hydrogen (secondary N) is 2. The van der Waals surface area contributed by atoms with Crippen molar-refractivity contribution in [2.45, 2.75) is 6.54 Å². The molecule has 0 aromatic heterocycles. The largest absolute Gasteiger partial charge is 0.368 e. The van der Waals surface area contributed by atoms with E-state index < -0.39 is 0 Å². The van der Waals surface area contributed by atoms with E-state index in [4.69, 9.17) is 0 Å². The van der Waals surface area contributed by atoms with Gasteiger partial charge in [-0.05, 0) is 11.6 Å². The van der Waals surface area contributed by atoms with E-state index in [0.717, 1.165) is 19.6 Å². The molecule has 114 valence electrons. The van der Waals surface area contributed by atoms with E-state index in [1.165, 1.54) is 16.2 Å². The van der Waals surface area contributed by atoms with Gasteiger partial charge in [-0.3, -0.25) is 9.69 Å². The Bertz CT molecular complexity index is 521. The summed E-state index contributed by atoms with van der Waals surface area (Å²) in [6, 6.07) is 7.96. The lowest BCUT2D eigenvalue weighted by Gasteiger charge is -2.26. The zero-order valence-electron chi connectivity index (χ0n) is 11.7. The number of hydrogen-bond acceptors (Lipinski definition) is 4. The fourth-order valence-electron chi connectivity index (χ4n) is 2.66. The molecule has 1 fully saturated rings. The minimum atomic E-state index is -0.281. The SMILES string of the molecule is Cl.O=C1CNC(=O)N1CCN1CCNCc2ccccc21. The Morgan fingerprint density at radius 2 is 1.90 bits per heavy atom. The van der Waals surface area contributed by atoms with Gasteiger partial charge >= 0.3 is 6.03 Å². The normalized spacial score (nSPS) is 17.9. The zero-order valence-corrected chi connectivity index (χ0v) is 12.5. The second-order valence-corrected chi connectivity index (χ2v) is 5.00. The van der Waals surface area contributed by atoms with Crippen LogP contribution in [0.2, 0.25) is 0 Å². The highest BCUT2D eigenvalue weighted by Crippen LogP contribution is 2.21. The van der Waals surface area contributed by atoms with Crippen LogP contribution >= 0.6 is 12.4 Å². The quantitative estimate of drug-likeness (QED) is 0.801. The molecule has 0 bridgehead atoms. The Morgan fingerprint density at radius 3 is 2.67 bits per heavy atom. The van der Waals surface area contributed by atoms with Gasteiger partial charge < -0.3 is 15.5 Å². The molecule has 0 saturated carbocycles. The topological polar surface area (TPSA) is 64.7 Å². The highest BCUT2D eigenvalue weighted by atomic mass is 35.5. The standard InChI is InChI=1S/C14H18N4O2.ClH/c19-13-10-16-14(20)18(13)8-7-17-6-5-15-9-11-3-1-2-4-12(11)17;/h1-4,15H,5-10H2,(H,16,20);1H. The second kappa shape index (κ2) is 6.78. The number of amides is 3. The first-order valence-electron chi connectivity index (χ1n) is 6.87. The summed E-state index contributed by atoms with van der Waals surface area (Å²) in [6.45, 7) is 3.85. The molecule has 6 nitrogen and oxygen atoms in total. The summed E-state index contributed by atoms with van der Waals surface area (Å²) in [6.07, 6.45) is 0. The van der Waals surface area contributed by atoms with Crippen molar-refractivity contribution in [3.8, 4) is 0 Å². The number of para-hydroxylation sites is 1. The number of anilines is 1. The van der Waals surface area contributed by atoms with Gasteiger partial charge in [-0.25, -0.2) is 4.79 Å². The van der Waals surface area contributed by atoms with Gasteiger partial charge in [0, 0.05) is 38.4 Å². The maximum atomic E-state index is 11.6. The molecule has 1 saturated heterocycles. The van der Waals surface area contributed by atoms with Crippen molar-refractivity contribution < 1.29 is 9.59 Å². The fourth-order valence-corrected chi connectivity index (χ4v) is 2.66. The van der Waals surface area contributed by atoms with E-state index in [9.17, 15) is 9.59 Å². The van der Waals surface area contributed by atoms with Crippen LogP contribution in [-0.4, -0.2) is 49.6 Å². The number of rotatable bonds is 3. The number of imide groups is 1. The molecule has 2 aliphatic rings. The molecule has 21 heavy (non-hydrogen) atoms. The average molecular weight is 311 g/mol. The lowest BCUT2D eigenvalue weighted by Crippen LogP contribution is -2.40. The molecule has 2 aliphatic heterocycles. The van der Waals surface area contributed by atoms with Crippen molar-refractivity contribution in [1.82, 2.24) is 15.5 Å². The lowest BCUT2D eigenvalue weighted by atomic mass is 10.1. The molecular weight excluding hydrogens is 292 g/mol. The van der Waals surface area contributed by atoms with E-state index in [1.54, 1.807) is 0 Å². The van der Waals surface area contributed by atoms with Crippen LogP contribution in [0.5, 0.6) is 0 Å². The Kier molecular flexibility index (Phi) is 5.03. The van der Waals surface area contributed by atoms with Crippen molar-refractivity contribution in [2.75, 3.05) is 37.6 Å². The van der Waals surface area contributed by atoms with E-state index in [2.05, 4.69) is 27.7 Å². The molecule has 3 rings (SSSR count). The van der Waals surface area contributed by atoms with Gasteiger partial charge in [0.25, 0.3) is 0 Å². The zero-order chi connectivity index (χ0) is 13.9. The second-order valence-electron chi connectivity index (χ2n) is 5.00. The maximum Gasteiger partial charge on any atom is 0.324 e. The van der Waals surface area contributed by atoms with Crippen LogP contribution in [0, 0.1) is 0 Å². The molecule has 0 radical (unpaired) electrons. The smallest absolute Gasteiger partial charge is 0.324 e. The van der Waals surface area contributed by atoms with Crippen molar-refractivity contribution in [3.63, 3.8) is 0 Å². The number of urea groups is 1. The summed E-state index contributed by atoms with van der Waals surface area (Å²) in [5.74, 6) is -0.142. The van der Waals surface area contributed by atoms with E-state index in [0.29, 0.717) is 13.1 Å². The molecule has 1 aromatic carbocycles. The first kappa shape index (κ1) is 15.6. The van der Waals surface area contributed by atoms with Crippen molar-refractivity contribution >= 4 is 30.0 Å². The van der Waals surface area contributed by atoms with Crippen molar-refractivity contribution in [3.05, 3.63) is 29.8 Å². The highest BCUT2D eigenvalue weighted by Gasteiger charge is 2.28. The molecule has 2 N–H and O–H groups in total. The highest BCUT2D eigenvalue weighted by molar-refractivity contribution is 6.01. The monoisotopic (exact) mass is 310 g/mol. The number of carbonyl (C=O) groups is 2. The number of carbonyl (C=O) groups excluding carboxylic acids is 2. The van der Waals surface area contributed by atoms with Crippen LogP contribution in [0.3, 0.4) is 0 Å². The van der Waals surface area contributed by atoms with Crippen LogP contribution < -0.4 is 15.5 Å². The number of hydrogen-bond donors (Lipinski definition) is 2. The number of fused-ring (bicyclic) bond motifs is 1. The van der Waals surface area contributed by atoms with Gasteiger partial charge in [0.05, 0.1) is 6.54 Å². The molecule has 7 heteroatoms. The van der Waals surface area contributed by atoms with Gasteiger partial charge in [0.15, 0.2) is 0 Å². The molecule has 1 aromatic rings. The van der Waals surface area contributed by atoms with Crippen molar-refractivity contribution in [2.24, 2.45) is 0 Å². The number of benzene rings is 1. The van der Waals surface area contributed by atoms with Crippen LogP contribution in [0.1, 0.15) is 5.56 Å². The van der Waals surface area contributed by atoms with Crippen LogP contribution in [-0.2, 0) is 11.3 Å². The Balaban J connectivity index is 0.00000161. The molecule has 0 unspecified atom stereocenters. The van der Waals surface area contributed by atoms with Gasteiger partial charge in [-0.15, -0.1) is 12.4 Å². The summed E-state index contributed by atoms with van der Waals surface area (Å²) in [4.78, 5) is 26.6. The minimum Gasteiger partial charge on any atom is -0.368 e. The Morgan fingerprint density at radius 1 is 1.10 bits per heavy atom. The van der Waals surface area contributed by atoms with E-state index in [-0.39, 0.29) is 30.9 Å². The summed E-state index contributed by atoms with van der Waals surface area (Å²) in [7, 11) is 0. The minimum absolute atomic E-state index is 0. The van der Waals surface area contributed by atoms with Gasteiger partial charge in [-0.1, -0.05) is 18.2 Å². The summed E-state index contributed by atoms with van der Waals surface area (Å²) in [5, 5.41) is 5.92. The predicted molar refractivity (Wildman–Crippen MR) is 82.7 cm³/mol. The van der Waals surface area contributed by atoms with Crippen LogP contribution in [0.4, 0.5) is 10.5 Å². The number of nitrogens with zero attached hydrogens (tertiary/aromatic N) is 2. The lowest BCUT2D eigenvalue weighted by molar-refractivity contribution is -0.124. The van der Waals surface area contributed by atoms with Gasteiger partial charge in [0.2, 0.25) is 5.91 Å². The predicted octanol–water partition coefficient (Wildman–Crippen LogP) is 0.570. The van der Waals surface area contributed by atoms with Gasteiger partial charge in [-0.2, -0.15) is 0 Å². The third kappa shape index (κ3) is 3.28. The molecular formula is C14H19ClN4O2. The van der Waals surface area contributed by atoms with Gasteiger partial charge in [0.1, 0.15) is 0 Å². The first-order valence-corrected chi connectivity index (χ1v) is 6.87. The van der Waals surface area contributed by atoms with Crippen LogP contribution in [0.25, 0.3) is 0 Å². The van der Waals surface area contributed by atoms with Crippen LogP contribution in [0.15, 0.2) is 24.3 Å². The third-order valence-electron chi connectivity index (χ3n) is 3.74. The molecule has 0 spiro atoms. The Hall–Kier alpha value is -1.79. The summed E-state index contributed by atoms with van der Waals surface area (Å²) < 4.78 is 0. The molecule has 0 atom stereocenters. The Labute approximate surface area is 129 Å². The third-order valence-corrected chi connectivity index (χ3v) is 3.74. The molecule has 0 aliphatic carbocycles. The van der Waals surface area contributed by atoms with E-state index >= 15 is 0 Å². The maximum absolute atomic E-state index is 11.6. The summed E-state index contributed by atoms with van der Waals surface area (Å²) >= 11 is 0. The fraction of sp³-hybridized carbons (Fsp3) is 0.429. The number of halogens is 1. The molecule has 2 heterocycles. The van der Waals surface area contributed by atoms with Crippen molar-refractivity contribution in [1.29, 1.82) is 0 Å². The average Bonchev–Trinajstić information content (AvgIpc) is 2.67. The molecule has 3 amide bonds.